The lowest BCUT2D eigenvalue weighted by Crippen LogP contribution is -2.15. The molecule has 0 unspecified atom stereocenters. The van der Waals surface area contributed by atoms with Crippen LogP contribution < -0.4 is 0 Å². The Morgan fingerprint density at radius 2 is 0.950 bits per heavy atom. The van der Waals surface area contributed by atoms with Crippen molar-refractivity contribution in [3.05, 3.63) is 205 Å². The summed E-state index contributed by atoms with van der Waals surface area (Å²) in [6.07, 6.45) is 0. The van der Waals surface area contributed by atoms with Crippen LogP contribution in [-0.2, 0) is 5.41 Å². The minimum atomic E-state index is -0.0644. The molecule has 282 valence electrons. The third-order valence-corrected chi connectivity index (χ3v) is 14.5. The van der Waals surface area contributed by atoms with Gasteiger partial charge < -0.3 is 9.13 Å². The molecule has 0 saturated carbocycles. The summed E-state index contributed by atoms with van der Waals surface area (Å²) in [6, 6.07) is 72.2. The highest BCUT2D eigenvalue weighted by molar-refractivity contribution is 7.26. The summed E-state index contributed by atoms with van der Waals surface area (Å²) in [7, 11) is 0. The van der Waals surface area contributed by atoms with Crippen molar-refractivity contribution in [2.75, 3.05) is 0 Å². The molecule has 1 aliphatic rings. The summed E-state index contributed by atoms with van der Waals surface area (Å²) in [6.45, 7) is 4.72. The summed E-state index contributed by atoms with van der Waals surface area (Å²) >= 11 is 1.89. The van der Waals surface area contributed by atoms with Crippen molar-refractivity contribution in [2.24, 2.45) is 0 Å². The number of para-hydroxylation sites is 2. The van der Waals surface area contributed by atoms with Crippen LogP contribution in [0.25, 0.3) is 109 Å². The molecule has 12 aromatic rings. The number of thiophene rings is 1. The minimum Gasteiger partial charge on any atom is -0.309 e. The third-order valence-electron chi connectivity index (χ3n) is 13.3. The van der Waals surface area contributed by atoms with Crippen LogP contribution in [0.15, 0.2) is 194 Å². The van der Waals surface area contributed by atoms with E-state index in [1.54, 1.807) is 0 Å². The van der Waals surface area contributed by atoms with Gasteiger partial charge in [-0.25, -0.2) is 0 Å². The molecule has 9 aromatic carbocycles. The fraction of sp³-hybridized carbons (Fsp3) is 0.0526. The van der Waals surface area contributed by atoms with E-state index in [0.717, 1.165) is 0 Å². The Balaban J connectivity index is 0.981. The monoisotopic (exact) mass is 782 g/mol. The van der Waals surface area contributed by atoms with Gasteiger partial charge in [0.1, 0.15) is 0 Å². The summed E-state index contributed by atoms with van der Waals surface area (Å²) in [5.74, 6) is 0. The van der Waals surface area contributed by atoms with Crippen LogP contribution in [0.5, 0.6) is 0 Å². The van der Waals surface area contributed by atoms with E-state index < -0.39 is 0 Å². The second kappa shape index (κ2) is 12.4. The first-order chi connectivity index (χ1) is 29.5. The summed E-state index contributed by atoms with van der Waals surface area (Å²) in [4.78, 5) is 0. The van der Waals surface area contributed by atoms with Gasteiger partial charge in [0.2, 0.25) is 0 Å². The number of nitrogens with zero attached hydrogens (tertiary/aromatic N) is 2. The second-order valence-electron chi connectivity index (χ2n) is 16.9. The van der Waals surface area contributed by atoms with Crippen LogP contribution in [0.1, 0.15) is 25.0 Å². The van der Waals surface area contributed by atoms with Crippen molar-refractivity contribution in [3.63, 3.8) is 0 Å². The Morgan fingerprint density at radius 1 is 0.383 bits per heavy atom. The molecule has 0 aliphatic heterocycles. The van der Waals surface area contributed by atoms with E-state index in [2.05, 4.69) is 217 Å². The Labute approximate surface area is 351 Å². The first-order valence-corrected chi connectivity index (χ1v) is 21.7. The van der Waals surface area contributed by atoms with E-state index in [0.29, 0.717) is 0 Å². The van der Waals surface area contributed by atoms with E-state index in [1.807, 2.05) is 11.3 Å². The van der Waals surface area contributed by atoms with Gasteiger partial charge in [-0.05, 0) is 105 Å². The van der Waals surface area contributed by atoms with Gasteiger partial charge in [-0.3, -0.25) is 0 Å². The average Bonchev–Trinajstić information content (AvgIpc) is 4.02. The molecule has 0 fully saturated rings. The van der Waals surface area contributed by atoms with E-state index in [-0.39, 0.29) is 5.41 Å². The second-order valence-corrected chi connectivity index (χ2v) is 17.9. The van der Waals surface area contributed by atoms with Crippen LogP contribution in [0.2, 0.25) is 0 Å². The normalized spacial score (nSPS) is 13.3. The third kappa shape index (κ3) is 4.64. The van der Waals surface area contributed by atoms with Crippen molar-refractivity contribution >= 4 is 75.1 Å². The number of aromatic nitrogens is 2. The van der Waals surface area contributed by atoms with Crippen molar-refractivity contribution in [1.82, 2.24) is 9.13 Å². The highest BCUT2D eigenvalue weighted by Crippen LogP contribution is 2.50. The van der Waals surface area contributed by atoms with Gasteiger partial charge in [-0.1, -0.05) is 147 Å². The van der Waals surface area contributed by atoms with E-state index >= 15 is 0 Å². The van der Waals surface area contributed by atoms with Crippen LogP contribution in [0.3, 0.4) is 0 Å². The van der Waals surface area contributed by atoms with Gasteiger partial charge in [-0.15, -0.1) is 11.3 Å². The van der Waals surface area contributed by atoms with Gasteiger partial charge >= 0.3 is 0 Å². The number of hydrogen-bond donors (Lipinski definition) is 0. The molecule has 0 saturated heterocycles. The van der Waals surface area contributed by atoms with Crippen LogP contribution >= 0.6 is 11.3 Å². The summed E-state index contributed by atoms with van der Waals surface area (Å²) in [5, 5.41) is 7.68. The molecule has 2 nitrogen and oxygen atoms in total. The first kappa shape index (κ1) is 33.7. The van der Waals surface area contributed by atoms with Crippen LogP contribution in [0, 0.1) is 0 Å². The SMILES string of the molecule is CC1(C)c2ccccc2-c2ccc(-n3c4ccccc4c4cc(-c5ccc6c(c5)c5ccccc5n6-c5ccc(-c6ccccc6)c6c5sc5ccccc56)ccc43)cc21. The number of hydrogen-bond acceptors (Lipinski definition) is 1. The Morgan fingerprint density at radius 3 is 1.70 bits per heavy atom. The van der Waals surface area contributed by atoms with Crippen molar-refractivity contribution in [2.45, 2.75) is 19.3 Å². The quantitative estimate of drug-likeness (QED) is 0.168. The minimum absolute atomic E-state index is 0.0644. The number of fused-ring (bicyclic) bond motifs is 12. The Kier molecular flexibility index (Phi) is 6.98. The molecule has 1 aliphatic carbocycles. The standard InChI is InChI=1S/C57H38N2S/c1-57(2)47-20-10-6-16-40(47)41-27-26-38(34-48(41)57)58-49-21-11-7-17-42(49)45-32-36(24-29-51(45)58)37-25-30-52-46(33-37)43-18-8-12-22-50(43)59(52)53-31-28-39(35-14-4-3-5-15-35)55-44-19-9-13-23-54(44)60-56(53)55/h3-34H,1-2H3. The zero-order valence-corrected chi connectivity index (χ0v) is 34.1. The lowest BCUT2D eigenvalue weighted by molar-refractivity contribution is 0.660. The maximum absolute atomic E-state index is 2.49. The molecule has 0 amide bonds. The molecule has 3 heteroatoms. The van der Waals surface area contributed by atoms with E-state index in [9.17, 15) is 0 Å². The van der Waals surface area contributed by atoms with Crippen LogP contribution in [0.4, 0.5) is 0 Å². The average molecular weight is 783 g/mol. The van der Waals surface area contributed by atoms with Gasteiger partial charge in [-0.2, -0.15) is 0 Å². The van der Waals surface area contributed by atoms with Gasteiger partial charge in [0.05, 0.1) is 32.5 Å². The molecular formula is C57H38N2S. The van der Waals surface area contributed by atoms with Gasteiger partial charge in [0.25, 0.3) is 0 Å². The van der Waals surface area contributed by atoms with Crippen molar-refractivity contribution in [3.8, 4) is 44.8 Å². The highest BCUT2D eigenvalue weighted by Gasteiger charge is 2.35. The molecule has 3 heterocycles. The highest BCUT2D eigenvalue weighted by atomic mass is 32.1. The number of rotatable bonds is 4. The maximum Gasteiger partial charge on any atom is 0.0641 e. The van der Waals surface area contributed by atoms with Crippen molar-refractivity contribution < 1.29 is 0 Å². The largest absolute Gasteiger partial charge is 0.309 e. The predicted octanol–water partition coefficient (Wildman–Crippen LogP) is 15.9. The molecule has 3 aromatic heterocycles. The molecule has 60 heavy (non-hydrogen) atoms. The topological polar surface area (TPSA) is 9.86 Å². The van der Waals surface area contributed by atoms with Gasteiger partial charge in [0.15, 0.2) is 0 Å². The molecule has 0 N–H and O–H groups in total. The molecule has 0 radical (unpaired) electrons. The smallest absolute Gasteiger partial charge is 0.0641 e. The maximum atomic E-state index is 2.49. The number of benzene rings is 9. The fourth-order valence-electron chi connectivity index (χ4n) is 10.5. The molecule has 0 atom stereocenters. The molecule has 13 rings (SSSR count). The van der Waals surface area contributed by atoms with Crippen molar-refractivity contribution in [1.29, 1.82) is 0 Å². The Bertz CT molecular complexity index is 3740. The predicted molar refractivity (Wildman–Crippen MR) is 256 cm³/mol. The lowest BCUT2D eigenvalue weighted by Gasteiger charge is -2.22. The molecular weight excluding hydrogens is 745 g/mol. The first-order valence-electron chi connectivity index (χ1n) is 20.8. The molecule has 0 spiro atoms. The van der Waals surface area contributed by atoms with Gasteiger partial charge in [0, 0.05) is 48.1 Å². The zero-order chi connectivity index (χ0) is 39.7. The van der Waals surface area contributed by atoms with Crippen LogP contribution in [-0.4, -0.2) is 9.13 Å². The summed E-state index contributed by atoms with van der Waals surface area (Å²) in [5.41, 5.74) is 17.7. The van der Waals surface area contributed by atoms with E-state index in [1.165, 1.54) is 120 Å². The Hall–Kier alpha value is -7.20. The zero-order valence-electron chi connectivity index (χ0n) is 33.3. The lowest BCUT2D eigenvalue weighted by atomic mass is 9.82. The van der Waals surface area contributed by atoms with E-state index in [4.69, 9.17) is 0 Å². The summed E-state index contributed by atoms with van der Waals surface area (Å²) < 4.78 is 7.57. The fourth-order valence-corrected chi connectivity index (χ4v) is 11.8. The molecule has 0 bridgehead atoms.